The van der Waals surface area contributed by atoms with Gasteiger partial charge in [0, 0.05) is 25.7 Å². The highest BCUT2D eigenvalue weighted by Gasteiger charge is 2.30. The molecular weight excluding hydrogens is 1260 g/mol. The molecule has 19 heteroatoms. The van der Waals surface area contributed by atoms with Crippen molar-refractivity contribution in [2.45, 2.75) is 419 Å². The molecule has 0 saturated carbocycles. The number of phosphoric ester groups is 2. The number of aliphatic hydroxyl groups is 1. The zero-order valence-electron chi connectivity index (χ0n) is 62.7. The summed E-state index contributed by atoms with van der Waals surface area (Å²) in [6.45, 7) is 9.60. The molecule has 0 aliphatic heterocycles. The lowest BCUT2D eigenvalue weighted by atomic mass is 9.99. The van der Waals surface area contributed by atoms with E-state index in [-0.39, 0.29) is 25.7 Å². The maximum absolute atomic E-state index is 13.1. The molecule has 0 saturated heterocycles. The highest BCUT2D eigenvalue weighted by molar-refractivity contribution is 7.47. The van der Waals surface area contributed by atoms with E-state index in [1.54, 1.807) is 0 Å². The van der Waals surface area contributed by atoms with E-state index in [0.29, 0.717) is 25.7 Å². The van der Waals surface area contributed by atoms with Gasteiger partial charge in [0.25, 0.3) is 0 Å². The van der Waals surface area contributed by atoms with E-state index in [0.717, 1.165) is 108 Å². The Morgan fingerprint density at radius 2 is 0.531 bits per heavy atom. The largest absolute Gasteiger partial charge is 0.472 e. The van der Waals surface area contributed by atoms with Crippen LogP contribution in [0.1, 0.15) is 401 Å². The SMILES string of the molecule is CCCCCCCCCCCCCCCCCCCCC(=O)OC[C@H](COP(=O)(O)OC[C@@H](O)COP(=O)(O)OC[C@@H](COC(=O)CCCCCCCCCC)OC(=O)CCCCCCCCCCC(C)CC)OC(=O)CCCCCCCCCCCCCCCCCC(C)C. The van der Waals surface area contributed by atoms with Gasteiger partial charge in [-0.15, -0.1) is 0 Å². The Morgan fingerprint density at radius 3 is 0.792 bits per heavy atom. The van der Waals surface area contributed by atoms with Crippen molar-refractivity contribution in [2.75, 3.05) is 39.6 Å². The summed E-state index contributed by atoms with van der Waals surface area (Å²) in [4.78, 5) is 72.8. The highest BCUT2D eigenvalue weighted by atomic mass is 31.2. The van der Waals surface area contributed by atoms with Crippen LogP contribution in [0.2, 0.25) is 0 Å². The maximum atomic E-state index is 13.1. The lowest BCUT2D eigenvalue weighted by Crippen LogP contribution is -2.30. The smallest absolute Gasteiger partial charge is 0.462 e. The Labute approximate surface area is 588 Å². The van der Waals surface area contributed by atoms with E-state index in [4.69, 9.17) is 37.0 Å². The van der Waals surface area contributed by atoms with Crippen molar-refractivity contribution < 1.29 is 80.2 Å². The van der Waals surface area contributed by atoms with Crippen molar-refractivity contribution in [1.82, 2.24) is 0 Å². The normalized spacial score (nSPS) is 14.3. The minimum atomic E-state index is -4.96. The minimum Gasteiger partial charge on any atom is -0.462 e. The molecule has 0 spiro atoms. The molecule has 0 radical (unpaired) electrons. The Balaban J connectivity index is 5.21. The molecule has 0 bridgehead atoms. The molecule has 0 aliphatic rings. The molecule has 6 atom stereocenters. The van der Waals surface area contributed by atoms with Crippen molar-refractivity contribution in [2.24, 2.45) is 11.8 Å². The topological polar surface area (TPSA) is 237 Å². The molecule has 3 unspecified atom stereocenters. The summed E-state index contributed by atoms with van der Waals surface area (Å²) >= 11 is 0. The fourth-order valence-corrected chi connectivity index (χ4v) is 13.4. The number of esters is 4. The van der Waals surface area contributed by atoms with Gasteiger partial charge in [-0.3, -0.25) is 37.3 Å². The molecule has 0 heterocycles. The van der Waals surface area contributed by atoms with Gasteiger partial charge in [-0.1, -0.05) is 350 Å². The van der Waals surface area contributed by atoms with Crippen molar-refractivity contribution in [3.8, 4) is 0 Å². The number of hydrogen-bond acceptors (Lipinski definition) is 15. The van der Waals surface area contributed by atoms with Crippen LogP contribution in [0.15, 0.2) is 0 Å². The van der Waals surface area contributed by atoms with Crippen LogP contribution in [0, 0.1) is 11.8 Å². The second-order valence-corrected chi connectivity index (χ2v) is 31.4. The third-order valence-corrected chi connectivity index (χ3v) is 20.2. The van der Waals surface area contributed by atoms with Gasteiger partial charge >= 0.3 is 39.5 Å². The van der Waals surface area contributed by atoms with Gasteiger partial charge in [0.2, 0.25) is 0 Å². The van der Waals surface area contributed by atoms with Crippen molar-refractivity contribution in [3.63, 3.8) is 0 Å². The van der Waals surface area contributed by atoms with Gasteiger partial charge in [0.15, 0.2) is 12.2 Å². The van der Waals surface area contributed by atoms with Crippen LogP contribution in [0.4, 0.5) is 0 Å². The van der Waals surface area contributed by atoms with Gasteiger partial charge in [-0.05, 0) is 37.5 Å². The van der Waals surface area contributed by atoms with Crippen LogP contribution in [0.5, 0.6) is 0 Å². The summed E-state index contributed by atoms with van der Waals surface area (Å²) in [7, 11) is -9.91. The van der Waals surface area contributed by atoms with E-state index in [1.165, 1.54) is 212 Å². The van der Waals surface area contributed by atoms with Crippen LogP contribution < -0.4 is 0 Å². The number of aliphatic hydroxyl groups excluding tert-OH is 1. The number of carbonyl (C=O) groups excluding carboxylic acids is 4. The van der Waals surface area contributed by atoms with E-state index in [1.807, 2.05) is 0 Å². The highest BCUT2D eigenvalue weighted by Crippen LogP contribution is 2.45. The number of phosphoric acid groups is 2. The third-order valence-electron chi connectivity index (χ3n) is 18.3. The van der Waals surface area contributed by atoms with Crippen molar-refractivity contribution in [1.29, 1.82) is 0 Å². The predicted molar refractivity (Wildman–Crippen MR) is 391 cm³/mol. The summed E-state index contributed by atoms with van der Waals surface area (Å²) in [5, 5.41) is 10.6. The molecule has 96 heavy (non-hydrogen) atoms. The number of rotatable bonds is 76. The zero-order chi connectivity index (χ0) is 70.7. The average Bonchev–Trinajstić information content (AvgIpc) is 2.11. The molecule has 0 aromatic rings. The first kappa shape index (κ1) is 94.1. The van der Waals surface area contributed by atoms with Gasteiger partial charge in [0.1, 0.15) is 19.3 Å². The summed E-state index contributed by atoms with van der Waals surface area (Å²) in [6, 6.07) is 0. The van der Waals surface area contributed by atoms with Crippen LogP contribution in [-0.2, 0) is 65.4 Å². The maximum Gasteiger partial charge on any atom is 0.472 e. The lowest BCUT2D eigenvalue weighted by Gasteiger charge is -2.21. The van der Waals surface area contributed by atoms with Crippen molar-refractivity contribution in [3.05, 3.63) is 0 Å². The van der Waals surface area contributed by atoms with E-state index >= 15 is 0 Å². The second-order valence-electron chi connectivity index (χ2n) is 28.5. The van der Waals surface area contributed by atoms with Gasteiger partial charge in [-0.25, -0.2) is 9.13 Å². The number of unbranched alkanes of at least 4 members (excludes halogenated alkanes) is 45. The van der Waals surface area contributed by atoms with Crippen LogP contribution in [-0.4, -0.2) is 96.7 Å². The van der Waals surface area contributed by atoms with Crippen LogP contribution in [0.3, 0.4) is 0 Å². The molecular formula is C77H150O17P2. The Morgan fingerprint density at radius 1 is 0.302 bits per heavy atom. The van der Waals surface area contributed by atoms with Gasteiger partial charge in [0.05, 0.1) is 26.4 Å². The van der Waals surface area contributed by atoms with Gasteiger partial charge in [-0.2, -0.15) is 0 Å². The minimum absolute atomic E-state index is 0.105. The van der Waals surface area contributed by atoms with Crippen LogP contribution in [0.25, 0.3) is 0 Å². The fourth-order valence-electron chi connectivity index (χ4n) is 11.8. The molecule has 0 aromatic carbocycles. The Kier molecular flexibility index (Phi) is 67.4. The molecule has 3 N–H and O–H groups in total. The van der Waals surface area contributed by atoms with Gasteiger partial charge < -0.3 is 33.8 Å². The average molecular weight is 1410 g/mol. The predicted octanol–water partition coefficient (Wildman–Crippen LogP) is 22.7. The molecule has 0 fully saturated rings. The Hall–Kier alpha value is -1.94. The number of hydrogen-bond donors (Lipinski definition) is 3. The number of carbonyl (C=O) groups is 4. The third kappa shape index (κ3) is 69.2. The standard InChI is InChI=1S/C77H150O17P2/c1-7-10-12-14-16-18-19-20-21-22-23-26-29-32-35-42-48-54-60-75(80)88-66-73(93-76(81)61-55-49-43-36-33-30-27-24-25-28-31-34-39-45-51-57-69(4)5)68-92-96(85,86)90-64-71(78)63-89-95(83,84)91-67-72(65-87-74(79)59-53-47-41-17-15-13-11-8-2)94-77(82)62-56-50-44-38-37-40-46-52-58-70(6)9-3/h69-73,78H,7-68H2,1-6H3,(H,83,84)(H,85,86)/t70?,71-,72+,73+/m0/s1. The quantitative estimate of drug-likeness (QED) is 0.0222. The first-order chi connectivity index (χ1) is 46.4. The first-order valence-corrected chi connectivity index (χ1v) is 43.0. The zero-order valence-corrected chi connectivity index (χ0v) is 64.5. The summed E-state index contributed by atoms with van der Waals surface area (Å²) < 4.78 is 68.5. The second kappa shape index (κ2) is 68.8. The van der Waals surface area contributed by atoms with E-state index < -0.39 is 97.5 Å². The Bertz CT molecular complexity index is 1860. The lowest BCUT2D eigenvalue weighted by molar-refractivity contribution is -0.161. The van der Waals surface area contributed by atoms with E-state index in [9.17, 15) is 43.2 Å². The van der Waals surface area contributed by atoms with Crippen molar-refractivity contribution >= 4 is 39.5 Å². The molecule has 0 aliphatic carbocycles. The number of ether oxygens (including phenoxy) is 4. The fraction of sp³-hybridized carbons (Fsp3) is 0.948. The first-order valence-electron chi connectivity index (χ1n) is 40.0. The molecule has 0 aromatic heterocycles. The molecule has 0 amide bonds. The summed E-state index contributed by atoms with van der Waals surface area (Å²) in [5.41, 5.74) is 0. The van der Waals surface area contributed by atoms with E-state index in [2.05, 4.69) is 41.5 Å². The van der Waals surface area contributed by atoms with Crippen LogP contribution >= 0.6 is 15.6 Å². The molecule has 17 nitrogen and oxygen atoms in total. The molecule has 0 rings (SSSR count). The summed E-state index contributed by atoms with van der Waals surface area (Å²) in [6.07, 6.45) is 56.9. The monoisotopic (exact) mass is 1410 g/mol. The molecule has 570 valence electrons. The summed E-state index contributed by atoms with van der Waals surface area (Å²) in [5.74, 6) is -0.545.